The van der Waals surface area contributed by atoms with Crippen LogP contribution in [0.25, 0.3) is 11.4 Å². The molecule has 0 aliphatic heterocycles. The summed E-state index contributed by atoms with van der Waals surface area (Å²) in [5.74, 6) is 1.49. The molecule has 0 unspecified atom stereocenters. The molecule has 0 spiro atoms. The lowest BCUT2D eigenvalue weighted by Gasteiger charge is -2.11. The van der Waals surface area contributed by atoms with Gasteiger partial charge in [0.2, 0.25) is 0 Å². The number of pyridine rings is 1. The SMILES string of the molecule is Cc1conc1CNc1nc(-c2ccncc2)nc(C)c1C. The largest absolute Gasteiger partial charge is 0.364 e. The van der Waals surface area contributed by atoms with E-state index in [2.05, 4.69) is 25.4 Å². The third-order valence-electron chi connectivity index (χ3n) is 3.60. The highest BCUT2D eigenvalue weighted by Crippen LogP contribution is 2.21. The lowest BCUT2D eigenvalue weighted by Crippen LogP contribution is -2.08. The van der Waals surface area contributed by atoms with Crippen molar-refractivity contribution in [2.24, 2.45) is 0 Å². The highest BCUT2D eigenvalue weighted by atomic mass is 16.5. The van der Waals surface area contributed by atoms with E-state index in [1.54, 1.807) is 18.7 Å². The number of hydrogen-bond acceptors (Lipinski definition) is 6. The van der Waals surface area contributed by atoms with Crippen molar-refractivity contribution >= 4 is 5.82 Å². The van der Waals surface area contributed by atoms with Crippen molar-refractivity contribution in [1.82, 2.24) is 20.1 Å². The average Bonchev–Trinajstić information content (AvgIpc) is 2.95. The van der Waals surface area contributed by atoms with E-state index >= 15 is 0 Å². The zero-order valence-corrected chi connectivity index (χ0v) is 12.8. The molecule has 112 valence electrons. The van der Waals surface area contributed by atoms with E-state index in [0.717, 1.165) is 33.9 Å². The Bertz CT molecular complexity index is 782. The predicted octanol–water partition coefficient (Wildman–Crippen LogP) is 3.06. The number of anilines is 1. The summed E-state index contributed by atoms with van der Waals surface area (Å²) < 4.78 is 4.95. The summed E-state index contributed by atoms with van der Waals surface area (Å²) in [6.45, 7) is 6.52. The van der Waals surface area contributed by atoms with Crippen LogP contribution in [0, 0.1) is 20.8 Å². The molecule has 0 saturated heterocycles. The first-order valence-corrected chi connectivity index (χ1v) is 7.04. The summed E-state index contributed by atoms with van der Waals surface area (Å²) in [5.41, 5.74) is 4.81. The van der Waals surface area contributed by atoms with E-state index in [0.29, 0.717) is 12.4 Å². The third-order valence-corrected chi connectivity index (χ3v) is 3.60. The minimum atomic E-state index is 0.565. The number of aromatic nitrogens is 4. The number of nitrogens with one attached hydrogen (secondary N) is 1. The van der Waals surface area contributed by atoms with Gasteiger partial charge < -0.3 is 9.84 Å². The molecule has 3 rings (SSSR count). The maximum Gasteiger partial charge on any atom is 0.161 e. The summed E-state index contributed by atoms with van der Waals surface area (Å²) in [7, 11) is 0. The molecular weight excluding hydrogens is 278 g/mol. The zero-order valence-electron chi connectivity index (χ0n) is 12.8. The van der Waals surface area contributed by atoms with Crippen molar-refractivity contribution in [3.63, 3.8) is 0 Å². The summed E-state index contributed by atoms with van der Waals surface area (Å²) in [4.78, 5) is 13.2. The molecule has 1 N–H and O–H groups in total. The van der Waals surface area contributed by atoms with Crippen LogP contribution in [-0.2, 0) is 6.54 Å². The molecule has 3 aromatic rings. The van der Waals surface area contributed by atoms with Crippen LogP contribution in [-0.4, -0.2) is 20.1 Å². The Morgan fingerprint density at radius 1 is 1.09 bits per heavy atom. The van der Waals surface area contributed by atoms with Crippen LogP contribution in [0.4, 0.5) is 5.82 Å². The topological polar surface area (TPSA) is 76.7 Å². The Morgan fingerprint density at radius 3 is 2.55 bits per heavy atom. The van der Waals surface area contributed by atoms with Gasteiger partial charge in [-0.1, -0.05) is 5.16 Å². The van der Waals surface area contributed by atoms with Gasteiger partial charge in [-0.2, -0.15) is 0 Å². The van der Waals surface area contributed by atoms with Crippen LogP contribution in [0.1, 0.15) is 22.5 Å². The van der Waals surface area contributed by atoms with Crippen LogP contribution in [0.5, 0.6) is 0 Å². The Morgan fingerprint density at radius 2 is 1.86 bits per heavy atom. The monoisotopic (exact) mass is 295 g/mol. The predicted molar refractivity (Wildman–Crippen MR) is 83.3 cm³/mol. The van der Waals surface area contributed by atoms with Crippen LogP contribution >= 0.6 is 0 Å². The standard InChI is InChI=1S/C16H17N5O/c1-10-9-22-21-14(10)8-18-15-11(2)12(3)19-16(20-15)13-4-6-17-7-5-13/h4-7,9H,8H2,1-3H3,(H,18,19,20). The molecule has 0 aliphatic rings. The van der Waals surface area contributed by atoms with Gasteiger partial charge in [0.1, 0.15) is 17.8 Å². The van der Waals surface area contributed by atoms with E-state index in [4.69, 9.17) is 4.52 Å². The molecule has 6 heteroatoms. The van der Waals surface area contributed by atoms with Crippen molar-refractivity contribution in [3.05, 3.63) is 53.3 Å². The van der Waals surface area contributed by atoms with Crippen molar-refractivity contribution in [1.29, 1.82) is 0 Å². The molecule has 3 aromatic heterocycles. The number of rotatable bonds is 4. The zero-order chi connectivity index (χ0) is 15.5. The number of nitrogens with zero attached hydrogens (tertiary/aromatic N) is 4. The molecule has 0 aromatic carbocycles. The Hall–Kier alpha value is -2.76. The summed E-state index contributed by atoms with van der Waals surface area (Å²) in [6.07, 6.45) is 5.11. The van der Waals surface area contributed by atoms with Gasteiger partial charge in [0, 0.05) is 34.8 Å². The third kappa shape index (κ3) is 2.81. The molecule has 3 heterocycles. The van der Waals surface area contributed by atoms with Gasteiger partial charge in [-0.25, -0.2) is 9.97 Å². The second-order valence-electron chi connectivity index (χ2n) is 5.14. The number of hydrogen-bond donors (Lipinski definition) is 1. The summed E-state index contributed by atoms with van der Waals surface area (Å²) in [6, 6.07) is 3.80. The van der Waals surface area contributed by atoms with E-state index in [1.807, 2.05) is 32.9 Å². The van der Waals surface area contributed by atoms with Crippen molar-refractivity contribution < 1.29 is 4.52 Å². The number of aryl methyl sites for hydroxylation is 2. The summed E-state index contributed by atoms with van der Waals surface area (Å²) in [5, 5.41) is 7.29. The highest BCUT2D eigenvalue weighted by Gasteiger charge is 2.11. The van der Waals surface area contributed by atoms with E-state index in [-0.39, 0.29) is 0 Å². The molecule has 0 radical (unpaired) electrons. The first-order chi connectivity index (χ1) is 10.6. The highest BCUT2D eigenvalue weighted by molar-refractivity contribution is 5.59. The fraction of sp³-hybridized carbons (Fsp3) is 0.250. The van der Waals surface area contributed by atoms with Gasteiger partial charge in [0.15, 0.2) is 5.82 Å². The molecule has 0 fully saturated rings. The van der Waals surface area contributed by atoms with Crippen LogP contribution in [0.3, 0.4) is 0 Å². The molecule has 0 amide bonds. The molecule has 0 atom stereocenters. The normalized spacial score (nSPS) is 10.7. The van der Waals surface area contributed by atoms with Gasteiger partial charge in [-0.3, -0.25) is 4.98 Å². The Balaban J connectivity index is 1.90. The Kier molecular flexibility index (Phi) is 3.82. The Labute approximate surface area is 128 Å². The van der Waals surface area contributed by atoms with E-state index in [9.17, 15) is 0 Å². The van der Waals surface area contributed by atoms with Crippen molar-refractivity contribution in [2.45, 2.75) is 27.3 Å². The lowest BCUT2D eigenvalue weighted by molar-refractivity contribution is 0.412. The summed E-state index contributed by atoms with van der Waals surface area (Å²) >= 11 is 0. The maximum atomic E-state index is 4.95. The lowest BCUT2D eigenvalue weighted by atomic mass is 10.2. The van der Waals surface area contributed by atoms with Crippen molar-refractivity contribution in [3.8, 4) is 11.4 Å². The average molecular weight is 295 g/mol. The van der Waals surface area contributed by atoms with Crippen LogP contribution < -0.4 is 5.32 Å². The van der Waals surface area contributed by atoms with Crippen LogP contribution in [0.15, 0.2) is 35.3 Å². The molecular formula is C16H17N5O. The van der Waals surface area contributed by atoms with E-state index in [1.165, 1.54) is 0 Å². The first-order valence-electron chi connectivity index (χ1n) is 7.04. The molecule has 0 aliphatic carbocycles. The van der Waals surface area contributed by atoms with Crippen LogP contribution in [0.2, 0.25) is 0 Å². The van der Waals surface area contributed by atoms with Gasteiger partial charge in [-0.15, -0.1) is 0 Å². The maximum absolute atomic E-state index is 4.95. The molecule has 22 heavy (non-hydrogen) atoms. The first kappa shape index (κ1) is 14.2. The minimum Gasteiger partial charge on any atom is -0.364 e. The van der Waals surface area contributed by atoms with Gasteiger partial charge >= 0.3 is 0 Å². The second kappa shape index (κ2) is 5.93. The smallest absolute Gasteiger partial charge is 0.161 e. The van der Waals surface area contributed by atoms with E-state index < -0.39 is 0 Å². The molecule has 0 bridgehead atoms. The fourth-order valence-electron chi connectivity index (χ4n) is 2.08. The molecule has 0 saturated carbocycles. The van der Waals surface area contributed by atoms with Gasteiger partial charge in [0.05, 0.1) is 6.54 Å². The second-order valence-corrected chi connectivity index (χ2v) is 5.14. The molecule has 6 nitrogen and oxygen atoms in total. The van der Waals surface area contributed by atoms with Gasteiger partial charge in [0.25, 0.3) is 0 Å². The van der Waals surface area contributed by atoms with Crippen molar-refractivity contribution in [2.75, 3.05) is 5.32 Å². The quantitative estimate of drug-likeness (QED) is 0.797. The minimum absolute atomic E-state index is 0.565. The van der Waals surface area contributed by atoms with Gasteiger partial charge in [-0.05, 0) is 32.9 Å². The fourth-order valence-corrected chi connectivity index (χ4v) is 2.08.